The van der Waals surface area contributed by atoms with Gasteiger partial charge >= 0.3 is 6.01 Å². The minimum absolute atomic E-state index is 0.0263. The molecule has 1 heterocycles. The summed E-state index contributed by atoms with van der Waals surface area (Å²) in [5.74, 6) is 0.695. The van der Waals surface area contributed by atoms with Crippen molar-refractivity contribution in [2.75, 3.05) is 11.1 Å². The number of hydrogen-bond acceptors (Lipinski definition) is 6. The number of anilines is 2. The molecule has 1 aromatic heterocycles. The third-order valence-corrected chi connectivity index (χ3v) is 2.41. The van der Waals surface area contributed by atoms with Crippen molar-refractivity contribution < 1.29 is 4.74 Å². The fourth-order valence-electron chi connectivity index (χ4n) is 1.44. The van der Waals surface area contributed by atoms with Gasteiger partial charge in [-0.15, -0.1) is 0 Å². The van der Waals surface area contributed by atoms with Crippen LogP contribution in [0, 0.1) is 0 Å². The molecule has 3 N–H and O–H groups in total. The average Bonchev–Trinajstić information content (AvgIpc) is 2.09. The minimum atomic E-state index is 0.0263. The fraction of sp³-hybridized carbons (Fsp3) is 0.700. The lowest BCUT2D eigenvalue weighted by Crippen LogP contribution is -2.28. The van der Waals surface area contributed by atoms with Crippen molar-refractivity contribution in [3.05, 3.63) is 0 Å². The largest absolute Gasteiger partial charge is 0.461 e. The molecule has 6 heteroatoms. The highest BCUT2D eigenvalue weighted by molar-refractivity contribution is 5.34. The lowest BCUT2D eigenvalue weighted by atomic mass is 9.93. The summed E-state index contributed by atoms with van der Waals surface area (Å²) in [4.78, 5) is 12.1. The maximum Gasteiger partial charge on any atom is 0.323 e. The predicted octanol–water partition coefficient (Wildman–Crippen LogP) is 1.21. The second-order valence-electron chi connectivity index (χ2n) is 4.24. The maximum absolute atomic E-state index is 5.59. The van der Waals surface area contributed by atoms with E-state index in [1.165, 1.54) is 6.42 Å². The highest BCUT2D eigenvalue weighted by atomic mass is 16.5. The van der Waals surface area contributed by atoms with Crippen LogP contribution in [0.4, 0.5) is 11.9 Å². The van der Waals surface area contributed by atoms with E-state index >= 15 is 0 Å². The molecular weight excluding hydrogens is 206 g/mol. The molecule has 0 unspecified atom stereocenters. The zero-order valence-corrected chi connectivity index (χ0v) is 9.60. The Kier molecular flexibility index (Phi) is 3.07. The second kappa shape index (κ2) is 4.51. The molecule has 0 amide bonds. The van der Waals surface area contributed by atoms with Crippen LogP contribution in [0.15, 0.2) is 0 Å². The zero-order valence-electron chi connectivity index (χ0n) is 9.60. The Labute approximate surface area is 94.6 Å². The van der Waals surface area contributed by atoms with Gasteiger partial charge in [0.1, 0.15) is 0 Å². The van der Waals surface area contributed by atoms with E-state index in [2.05, 4.69) is 20.3 Å². The van der Waals surface area contributed by atoms with Crippen LogP contribution < -0.4 is 15.8 Å². The van der Waals surface area contributed by atoms with Crippen LogP contribution in [0.5, 0.6) is 6.01 Å². The van der Waals surface area contributed by atoms with E-state index in [0.29, 0.717) is 12.0 Å². The lowest BCUT2D eigenvalue weighted by molar-refractivity contribution is 0.222. The van der Waals surface area contributed by atoms with Crippen LogP contribution in [0.1, 0.15) is 33.1 Å². The second-order valence-corrected chi connectivity index (χ2v) is 4.24. The third-order valence-electron chi connectivity index (χ3n) is 2.41. The topological polar surface area (TPSA) is 86.0 Å². The predicted molar refractivity (Wildman–Crippen MR) is 61.3 cm³/mol. The number of aromatic nitrogens is 3. The van der Waals surface area contributed by atoms with Gasteiger partial charge in [-0.25, -0.2) is 0 Å². The van der Waals surface area contributed by atoms with Crippen molar-refractivity contribution in [2.45, 2.75) is 45.3 Å². The lowest BCUT2D eigenvalue weighted by Gasteiger charge is -2.26. The Morgan fingerprint density at radius 2 is 2.06 bits per heavy atom. The first-order valence-corrected chi connectivity index (χ1v) is 5.58. The number of nitrogen functional groups attached to an aromatic ring is 1. The highest BCUT2D eigenvalue weighted by Crippen LogP contribution is 2.22. The van der Waals surface area contributed by atoms with Gasteiger partial charge in [-0.1, -0.05) is 0 Å². The molecule has 1 aliphatic carbocycles. The number of nitrogens with zero attached hydrogens (tertiary/aromatic N) is 3. The summed E-state index contributed by atoms with van der Waals surface area (Å²) >= 11 is 0. The van der Waals surface area contributed by atoms with Gasteiger partial charge in [0.2, 0.25) is 11.9 Å². The fourth-order valence-corrected chi connectivity index (χ4v) is 1.44. The monoisotopic (exact) mass is 223 g/mol. The van der Waals surface area contributed by atoms with Gasteiger partial charge in [0, 0.05) is 6.04 Å². The van der Waals surface area contributed by atoms with Crippen LogP contribution in [0.2, 0.25) is 0 Å². The quantitative estimate of drug-likeness (QED) is 0.797. The molecule has 88 valence electrons. The summed E-state index contributed by atoms with van der Waals surface area (Å²) in [7, 11) is 0. The summed E-state index contributed by atoms with van der Waals surface area (Å²) in [5, 5.41) is 3.21. The van der Waals surface area contributed by atoms with Gasteiger partial charge in [0.05, 0.1) is 6.10 Å². The molecule has 0 aliphatic heterocycles. The van der Waals surface area contributed by atoms with E-state index in [1.54, 1.807) is 0 Å². The van der Waals surface area contributed by atoms with Crippen molar-refractivity contribution in [3.8, 4) is 6.01 Å². The summed E-state index contributed by atoms with van der Waals surface area (Å²) in [6.07, 6.45) is 3.60. The van der Waals surface area contributed by atoms with Crippen molar-refractivity contribution in [1.82, 2.24) is 15.0 Å². The molecule has 0 bridgehead atoms. The third kappa shape index (κ3) is 2.71. The number of hydrogen-bond donors (Lipinski definition) is 2. The van der Waals surface area contributed by atoms with E-state index in [1.807, 2.05) is 13.8 Å². The van der Waals surface area contributed by atoms with Crippen molar-refractivity contribution in [2.24, 2.45) is 0 Å². The highest BCUT2D eigenvalue weighted by Gasteiger charge is 2.18. The SMILES string of the molecule is CC(C)Oc1nc(N)nc(NC2CCC2)n1. The minimum Gasteiger partial charge on any atom is -0.461 e. The molecule has 1 fully saturated rings. The molecule has 0 radical (unpaired) electrons. The Balaban J connectivity index is 2.08. The summed E-state index contributed by atoms with van der Waals surface area (Å²) in [6.45, 7) is 3.83. The summed E-state index contributed by atoms with van der Waals surface area (Å²) in [6, 6.07) is 0.748. The first kappa shape index (κ1) is 10.9. The van der Waals surface area contributed by atoms with Crippen molar-refractivity contribution >= 4 is 11.9 Å². The number of nitrogens with one attached hydrogen (secondary N) is 1. The maximum atomic E-state index is 5.59. The van der Waals surface area contributed by atoms with Crippen LogP contribution in [0.3, 0.4) is 0 Å². The molecule has 16 heavy (non-hydrogen) atoms. The molecule has 1 saturated carbocycles. The van der Waals surface area contributed by atoms with E-state index in [-0.39, 0.29) is 18.1 Å². The van der Waals surface area contributed by atoms with Crippen molar-refractivity contribution in [1.29, 1.82) is 0 Å². The Morgan fingerprint density at radius 1 is 1.31 bits per heavy atom. The van der Waals surface area contributed by atoms with E-state index < -0.39 is 0 Å². The van der Waals surface area contributed by atoms with Gasteiger partial charge in [0.15, 0.2) is 0 Å². The summed E-state index contributed by atoms with van der Waals surface area (Å²) < 4.78 is 5.39. The number of ether oxygens (including phenoxy) is 1. The molecule has 1 aliphatic rings. The molecule has 2 rings (SSSR count). The van der Waals surface area contributed by atoms with Gasteiger partial charge < -0.3 is 15.8 Å². The molecule has 6 nitrogen and oxygen atoms in total. The number of nitrogens with two attached hydrogens (primary N) is 1. The van der Waals surface area contributed by atoms with E-state index in [9.17, 15) is 0 Å². The zero-order chi connectivity index (χ0) is 11.5. The van der Waals surface area contributed by atoms with E-state index in [4.69, 9.17) is 10.5 Å². The molecule has 0 atom stereocenters. The van der Waals surface area contributed by atoms with Gasteiger partial charge in [-0.05, 0) is 33.1 Å². The standard InChI is InChI=1S/C10H17N5O/c1-6(2)16-10-14-8(11)13-9(15-10)12-7-4-3-5-7/h6-7H,3-5H2,1-2H3,(H3,11,12,13,14,15). The summed E-state index contributed by atoms with van der Waals surface area (Å²) in [5.41, 5.74) is 5.59. The molecule has 0 aromatic carbocycles. The van der Waals surface area contributed by atoms with Crippen LogP contribution in [0.25, 0.3) is 0 Å². The molecule has 1 aromatic rings. The average molecular weight is 223 g/mol. The molecule has 0 spiro atoms. The Hall–Kier alpha value is -1.59. The van der Waals surface area contributed by atoms with Gasteiger partial charge in [-0.2, -0.15) is 15.0 Å². The molecule has 0 saturated heterocycles. The van der Waals surface area contributed by atoms with Crippen LogP contribution >= 0.6 is 0 Å². The smallest absolute Gasteiger partial charge is 0.323 e. The van der Waals surface area contributed by atoms with Gasteiger partial charge in [0.25, 0.3) is 0 Å². The van der Waals surface area contributed by atoms with Crippen LogP contribution in [-0.2, 0) is 0 Å². The van der Waals surface area contributed by atoms with E-state index in [0.717, 1.165) is 12.8 Å². The number of rotatable bonds is 4. The first-order chi connectivity index (χ1) is 7.63. The normalized spacial score (nSPS) is 15.9. The van der Waals surface area contributed by atoms with Crippen LogP contribution in [-0.4, -0.2) is 27.1 Å². The van der Waals surface area contributed by atoms with Crippen molar-refractivity contribution in [3.63, 3.8) is 0 Å². The Morgan fingerprint density at radius 3 is 2.62 bits per heavy atom. The molecular formula is C10H17N5O. The van der Waals surface area contributed by atoms with Gasteiger partial charge in [-0.3, -0.25) is 0 Å². The first-order valence-electron chi connectivity index (χ1n) is 5.58. The Bertz CT molecular complexity index is 364.